The summed E-state index contributed by atoms with van der Waals surface area (Å²) in [5.74, 6) is 0. The maximum Gasteiger partial charge on any atom is 1.00 e. The van der Waals surface area contributed by atoms with E-state index in [0.29, 0.717) is 5.71 Å². The Hall–Kier alpha value is -3.97. The summed E-state index contributed by atoms with van der Waals surface area (Å²) in [5, 5.41) is 29.1. The van der Waals surface area contributed by atoms with Gasteiger partial charge in [0.05, 0.1) is 5.71 Å². The van der Waals surface area contributed by atoms with Crippen LogP contribution in [-0.2, 0) is 0 Å². The van der Waals surface area contributed by atoms with E-state index < -0.39 is 0 Å². The van der Waals surface area contributed by atoms with Gasteiger partial charge >= 0.3 is 51.4 Å². The van der Waals surface area contributed by atoms with Crippen molar-refractivity contribution < 1.29 is 61.9 Å². The fourth-order valence-corrected chi connectivity index (χ4v) is 6.58. The molecule has 0 saturated heterocycles. The van der Waals surface area contributed by atoms with Gasteiger partial charge in [0.1, 0.15) is 0 Å². The van der Waals surface area contributed by atoms with Gasteiger partial charge in [-0.3, -0.25) is 0 Å². The molecule has 0 bridgehead atoms. The van der Waals surface area contributed by atoms with Crippen molar-refractivity contribution in [3.05, 3.63) is 169 Å². The average Bonchev–Trinajstić information content (AvgIpc) is 3.15. The van der Waals surface area contributed by atoms with E-state index in [1.54, 1.807) is 6.08 Å². The summed E-state index contributed by atoms with van der Waals surface area (Å²) in [4.78, 5) is 0. The average molecular weight is 666 g/mol. The first kappa shape index (κ1) is 37.8. The van der Waals surface area contributed by atoms with Crippen molar-refractivity contribution in [3.8, 4) is 33.4 Å². The van der Waals surface area contributed by atoms with Crippen molar-refractivity contribution in [2.75, 3.05) is 0 Å². The maximum atomic E-state index is 8.74. The van der Waals surface area contributed by atoms with Crippen LogP contribution in [0.4, 0.5) is 0 Å². The molecule has 49 heavy (non-hydrogen) atoms. The first-order chi connectivity index (χ1) is 23.5. The van der Waals surface area contributed by atoms with Crippen LogP contribution in [0.25, 0.3) is 65.7 Å². The molecule has 238 valence electrons. The van der Waals surface area contributed by atoms with Crippen molar-refractivity contribution in [3.63, 3.8) is 0 Å². The normalized spacial score (nSPS) is 10.8. The maximum absolute atomic E-state index is 8.74. The molecule has 7 rings (SSSR count). The molecule has 0 aliphatic carbocycles. The molecule has 0 fully saturated rings. The molecule has 3 nitrogen and oxygen atoms in total. The first-order valence-corrected chi connectivity index (χ1v) is 16.2. The number of allylic oxidation sites excluding steroid dienone is 3. The minimum Gasteiger partial charge on any atom is -0.727 e. The van der Waals surface area contributed by atoms with Crippen LogP contribution in [0.15, 0.2) is 158 Å². The third kappa shape index (κ3) is 7.62. The number of aryl methyl sites for hydroxylation is 1. The van der Waals surface area contributed by atoms with Crippen LogP contribution in [0, 0.1) is 12.3 Å². The van der Waals surface area contributed by atoms with E-state index in [9.17, 15) is 0 Å². The third-order valence-electron chi connectivity index (χ3n) is 8.71. The Morgan fingerprint density at radius 1 is 0.592 bits per heavy atom. The second-order valence-electron chi connectivity index (χ2n) is 11.4. The van der Waals surface area contributed by atoms with E-state index in [-0.39, 0.29) is 51.4 Å². The van der Waals surface area contributed by atoms with Crippen molar-refractivity contribution in [2.45, 2.75) is 27.7 Å². The Morgan fingerprint density at radius 2 is 1.04 bits per heavy atom. The molecule has 7 aromatic carbocycles. The van der Waals surface area contributed by atoms with Crippen LogP contribution < -0.4 is 56.6 Å². The van der Waals surface area contributed by atoms with E-state index in [2.05, 4.69) is 141 Å². The predicted molar refractivity (Wildman–Crippen MR) is 205 cm³/mol. The van der Waals surface area contributed by atoms with Gasteiger partial charge < -0.3 is 15.9 Å². The van der Waals surface area contributed by atoms with E-state index in [4.69, 9.17) is 15.9 Å². The van der Waals surface area contributed by atoms with Crippen LogP contribution >= 0.6 is 0 Å². The standard InChI is InChI=1S/C43H33N.C2H6.K.H2O2/c1-4-28(2)26-41(44)30-15-11-16-31(27-30)42-37-18-7-9-20-39(37)43(40-21-10-8-19-38(40)42)36-25-13-23-34-33(22-12-24-35(34)36)32-17-6-5-14-29(32)3;1-2;;1-2/h4-27,44H,1H2,2-3H3;1-2H3;;1-2H/q;;+1;/p-1/b28-26-,44-41?;;;. The van der Waals surface area contributed by atoms with Gasteiger partial charge in [0.25, 0.3) is 0 Å². The zero-order valence-electron chi connectivity index (χ0n) is 28.9. The Labute approximate surface area is 332 Å². The van der Waals surface area contributed by atoms with Crippen molar-refractivity contribution in [1.82, 2.24) is 0 Å². The van der Waals surface area contributed by atoms with Gasteiger partial charge in [-0.05, 0) is 103 Å². The molecule has 4 heteroatoms. The van der Waals surface area contributed by atoms with Crippen molar-refractivity contribution in [2.24, 2.45) is 0 Å². The molecule has 0 spiro atoms. The quantitative estimate of drug-likeness (QED) is 0.0466. The molecule has 0 unspecified atom stereocenters. The molecule has 0 amide bonds. The molecule has 0 atom stereocenters. The number of rotatable bonds is 6. The fourth-order valence-electron chi connectivity index (χ4n) is 6.58. The summed E-state index contributed by atoms with van der Waals surface area (Å²) in [6.07, 6.45) is 3.66. The van der Waals surface area contributed by atoms with Crippen molar-refractivity contribution in [1.29, 1.82) is 5.41 Å². The molecule has 0 saturated carbocycles. The molecule has 0 aliphatic rings. The van der Waals surface area contributed by atoms with E-state index in [1.165, 1.54) is 65.7 Å². The largest absolute Gasteiger partial charge is 1.00 e. The molecule has 2 N–H and O–H groups in total. The second-order valence-corrected chi connectivity index (χ2v) is 11.4. The van der Waals surface area contributed by atoms with Crippen LogP contribution in [0.2, 0.25) is 0 Å². The fraction of sp³-hybridized carbons (Fsp3) is 0.0889. The second kappa shape index (κ2) is 17.6. The van der Waals surface area contributed by atoms with Gasteiger partial charge in [0.15, 0.2) is 0 Å². The van der Waals surface area contributed by atoms with E-state index in [1.807, 2.05) is 32.9 Å². The number of hydrogen-bond acceptors (Lipinski definition) is 3. The number of hydrogen-bond donors (Lipinski definition) is 2. The summed E-state index contributed by atoms with van der Waals surface area (Å²) in [5.41, 5.74) is 10.9. The minimum atomic E-state index is 0. The molecule has 0 radical (unpaired) electrons. The van der Waals surface area contributed by atoms with E-state index >= 15 is 0 Å². The van der Waals surface area contributed by atoms with Crippen LogP contribution in [0.3, 0.4) is 0 Å². The Bertz CT molecular complexity index is 2240. The Morgan fingerprint density at radius 3 is 1.61 bits per heavy atom. The summed E-state index contributed by atoms with van der Waals surface area (Å²) in [7, 11) is 0. The van der Waals surface area contributed by atoms with Gasteiger partial charge in [0, 0.05) is 5.56 Å². The number of benzene rings is 7. The summed E-state index contributed by atoms with van der Waals surface area (Å²) >= 11 is 0. The van der Waals surface area contributed by atoms with E-state index in [0.717, 1.165) is 16.7 Å². The summed E-state index contributed by atoms with van der Waals surface area (Å²) in [6, 6.07) is 48.0. The zero-order chi connectivity index (χ0) is 34.2. The molecule has 7 aromatic rings. The summed E-state index contributed by atoms with van der Waals surface area (Å²) in [6.45, 7) is 12.0. The van der Waals surface area contributed by atoms with Gasteiger partial charge in [-0.2, -0.15) is 0 Å². The Balaban J connectivity index is 0.00000104. The zero-order valence-corrected chi connectivity index (χ0v) is 32.0. The molecular formula is C45H40KNO2. The third-order valence-corrected chi connectivity index (χ3v) is 8.71. The van der Waals surface area contributed by atoms with Gasteiger partial charge in [-0.1, -0.05) is 154 Å². The van der Waals surface area contributed by atoms with Gasteiger partial charge in [0.2, 0.25) is 0 Å². The van der Waals surface area contributed by atoms with Crippen LogP contribution in [-0.4, -0.2) is 11.0 Å². The van der Waals surface area contributed by atoms with Crippen LogP contribution in [0.5, 0.6) is 0 Å². The number of fused-ring (bicyclic) bond motifs is 3. The van der Waals surface area contributed by atoms with Crippen molar-refractivity contribution >= 4 is 38.0 Å². The number of nitrogens with one attached hydrogen (secondary N) is 1. The van der Waals surface area contributed by atoms with Crippen LogP contribution in [0.1, 0.15) is 31.9 Å². The first-order valence-electron chi connectivity index (χ1n) is 16.2. The molecule has 0 aromatic heterocycles. The topological polar surface area (TPSA) is 67.1 Å². The van der Waals surface area contributed by atoms with Gasteiger partial charge in [-0.15, -0.1) is 0 Å². The summed E-state index contributed by atoms with van der Waals surface area (Å²) < 4.78 is 0. The van der Waals surface area contributed by atoms with Gasteiger partial charge in [-0.25, -0.2) is 0 Å². The molecule has 0 aliphatic heterocycles. The molecule has 0 heterocycles. The SMILES string of the molecule is C=C/C(C)=C\C(=N)c1cccc(-c2c3ccccc3c(-c3cccc4c(-c5ccccc5C)cccc34)c3ccccc23)c1.CC.[K+].[O-]O. The Kier molecular flexibility index (Phi) is 13.6. The monoisotopic (exact) mass is 665 g/mol. The predicted octanol–water partition coefficient (Wildman–Crippen LogP) is 8.81. The smallest absolute Gasteiger partial charge is 0.727 e. The molecular weight excluding hydrogens is 626 g/mol. The minimum absolute atomic E-state index is 0.